The Morgan fingerprint density at radius 3 is 3.06 bits per heavy atom. The minimum absolute atomic E-state index is 0.0401. The Morgan fingerprint density at radius 2 is 2.41 bits per heavy atom. The average Bonchev–Trinajstić information content (AvgIpc) is 2.84. The molecule has 0 saturated carbocycles. The van der Waals surface area contributed by atoms with Crippen molar-refractivity contribution in [1.82, 2.24) is 10.6 Å². The Balaban J connectivity index is 1.88. The molecule has 0 bridgehead atoms. The first-order chi connectivity index (χ1) is 8.16. The van der Waals surface area contributed by atoms with Gasteiger partial charge < -0.3 is 10.6 Å². The molecule has 0 aliphatic carbocycles. The standard InChI is InChI=1S/C12H14BrFN2O/c13-10-2-1-8(5-11(10)14)6-16-12(17)9-3-4-15-7-9/h1-2,5,9,15H,3-4,6-7H2,(H,16,17). The van der Waals surface area contributed by atoms with E-state index >= 15 is 0 Å². The van der Waals surface area contributed by atoms with E-state index < -0.39 is 0 Å². The minimum atomic E-state index is -0.306. The zero-order valence-corrected chi connectivity index (χ0v) is 10.9. The van der Waals surface area contributed by atoms with Crippen LogP contribution in [-0.4, -0.2) is 19.0 Å². The van der Waals surface area contributed by atoms with Crippen LogP contribution >= 0.6 is 15.9 Å². The lowest BCUT2D eigenvalue weighted by molar-refractivity contribution is -0.124. The highest BCUT2D eigenvalue weighted by molar-refractivity contribution is 9.10. The van der Waals surface area contributed by atoms with Gasteiger partial charge in [-0.3, -0.25) is 4.79 Å². The average molecular weight is 301 g/mol. The van der Waals surface area contributed by atoms with Crippen LogP contribution in [0.5, 0.6) is 0 Å². The quantitative estimate of drug-likeness (QED) is 0.894. The summed E-state index contributed by atoms with van der Waals surface area (Å²) in [5.41, 5.74) is 0.769. The molecule has 1 aliphatic heterocycles. The normalized spacial score (nSPS) is 19.3. The molecule has 1 heterocycles. The highest BCUT2D eigenvalue weighted by Crippen LogP contribution is 2.16. The van der Waals surface area contributed by atoms with E-state index in [0.29, 0.717) is 11.0 Å². The molecule has 1 fully saturated rings. The summed E-state index contributed by atoms with van der Waals surface area (Å²) in [6.07, 6.45) is 0.876. The molecule has 1 aliphatic rings. The molecule has 1 aromatic carbocycles. The summed E-state index contributed by atoms with van der Waals surface area (Å²) in [5.74, 6) is -0.215. The van der Waals surface area contributed by atoms with Gasteiger partial charge in [-0.05, 0) is 46.6 Å². The van der Waals surface area contributed by atoms with E-state index in [2.05, 4.69) is 26.6 Å². The lowest BCUT2D eigenvalue weighted by atomic mass is 10.1. The van der Waals surface area contributed by atoms with Gasteiger partial charge in [0.2, 0.25) is 5.91 Å². The molecule has 1 saturated heterocycles. The van der Waals surface area contributed by atoms with Crippen molar-refractivity contribution in [1.29, 1.82) is 0 Å². The van der Waals surface area contributed by atoms with E-state index in [1.807, 2.05) is 0 Å². The van der Waals surface area contributed by atoms with Gasteiger partial charge >= 0.3 is 0 Å². The summed E-state index contributed by atoms with van der Waals surface area (Å²) in [6.45, 7) is 2.01. The summed E-state index contributed by atoms with van der Waals surface area (Å²) in [7, 11) is 0. The SMILES string of the molecule is O=C(NCc1ccc(Br)c(F)c1)C1CCNC1. The second-order valence-electron chi connectivity index (χ2n) is 4.16. The minimum Gasteiger partial charge on any atom is -0.352 e. The van der Waals surface area contributed by atoms with Crippen LogP contribution in [0.3, 0.4) is 0 Å². The summed E-state index contributed by atoms with van der Waals surface area (Å²) in [5, 5.41) is 5.97. The van der Waals surface area contributed by atoms with Crippen LogP contribution in [0.15, 0.2) is 22.7 Å². The molecule has 0 aromatic heterocycles. The molecule has 2 N–H and O–H groups in total. The summed E-state index contributed by atoms with van der Waals surface area (Å²) < 4.78 is 13.7. The molecule has 0 radical (unpaired) electrons. The van der Waals surface area contributed by atoms with Crippen LogP contribution in [0.2, 0.25) is 0 Å². The van der Waals surface area contributed by atoms with Gasteiger partial charge in [0.1, 0.15) is 5.82 Å². The maximum atomic E-state index is 13.2. The van der Waals surface area contributed by atoms with Crippen LogP contribution in [0.4, 0.5) is 4.39 Å². The zero-order valence-electron chi connectivity index (χ0n) is 9.30. The second-order valence-corrected chi connectivity index (χ2v) is 5.01. The van der Waals surface area contributed by atoms with Gasteiger partial charge in [0, 0.05) is 13.1 Å². The largest absolute Gasteiger partial charge is 0.352 e. The van der Waals surface area contributed by atoms with Crippen molar-refractivity contribution in [3.8, 4) is 0 Å². The molecule has 1 atom stereocenters. The molecule has 5 heteroatoms. The van der Waals surface area contributed by atoms with E-state index in [1.165, 1.54) is 6.07 Å². The van der Waals surface area contributed by atoms with Crippen LogP contribution in [0.1, 0.15) is 12.0 Å². The van der Waals surface area contributed by atoms with Crippen LogP contribution < -0.4 is 10.6 Å². The summed E-state index contributed by atoms with van der Waals surface area (Å²) in [6, 6.07) is 4.87. The third-order valence-electron chi connectivity index (χ3n) is 2.88. The molecule has 1 aromatic rings. The summed E-state index contributed by atoms with van der Waals surface area (Å²) in [4.78, 5) is 11.7. The Morgan fingerprint density at radius 1 is 1.59 bits per heavy atom. The van der Waals surface area contributed by atoms with E-state index in [9.17, 15) is 9.18 Å². The predicted molar refractivity (Wildman–Crippen MR) is 66.9 cm³/mol. The van der Waals surface area contributed by atoms with E-state index in [4.69, 9.17) is 0 Å². The van der Waals surface area contributed by atoms with Crippen molar-refractivity contribution < 1.29 is 9.18 Å². The fourth-order valence-corrected chi connectivity index (χ4v) is 2.11. The predicted octanol–water partition coefficient (Wildman–Crippen LogP) is 1.81. The number of carbonyl (C=O) groups is 1. The Hall–Kier alpha value is -0.940. The number of benzene rings is 1. The highest BCUT2D eigenvalue weighted by Gasteiger charge is 2.21. The molecule has 17 heavy (non-hydrogen) atoms. The third-order valence-corrected chi connectivity index (χ3v) is 3.52. The van der Waals surface area contributed by atoms with Crippen LogP contribution in [-0.2, 0) is 11.3 Å². The first-order valence-corrected chi connectivity index (χ1v) is 6.38. The number of nitrogens with one attached hydrogen (secondary N) is 2. The van der Waals surface area contributed by atoms with Crippen molar-refractivity contribution in [2.75, 3.05) is 13.1 Å². The maximum absolute atomic E-state index is 13.2. The molecule has 92 valence electrons. The van der Waals surface area contributed by atoms with Gasteiger partial charge in [-0.25, -0.2) is 4.39 Å². The third kappa shape index (κ3) is 3.26. The monoisotopic (exact) mass is 300 g/mol. The second kappa shape index (κ2) is 5.60. The number of halogens is 2. The Kier molecular flexibility index (Phi) is 4.12. The maximum Gasteiger partial charge on any atom is 0.224 e. The molecule has 1 amide bonds. The Bertz CT molecular complexity index is 419. The number of rotatable bonds is 3. The molecule has 3 nitrogen and oxygen atoms in total. The first kappa shape index (κ1) is 12.5. The number of hydrogen-bond acceptors (Lipinski definition) is 2. The van der Waals surface area contributed by atoms with Crippen molar-refractivity contribution >= 4 is 21.8 Å². The topological polar surface area (TPSA) is 41.1 Å². The van der Waals surface area contributed by atoms with Crippen LogP contribution in [0.25, 0.3) is 0 Å². The number of carbonyl (C=O) groups excluding carboxylic acids is 1. The van der Waals surface area contributed by atoms with Gasteiger partial charge in [0.05, 0.1) is 10.4 Å². The summed E-state index contributed by atoms with van der Waals surface area (Å²) >= 11 is 3.09. The van der Waals surface area contributed by atoms with Crippen molar-refractivity contribution in [3.63, 3.8) is 0 Å². The van der Waals surface area contributed by atoms with Crippen LogP contribution in [0, 0.1) is 11.7 Å². The highest BCUT2D eigenvalue weighted by atomic mass is 79.9. The van der Waals surface area contributed by atoms with Crippen molar-refractivity contribution in [3.05, 3.63) is 34.1 Å². The molecular weight excluding hydrogens is 287 g/mol. The fourth-order valence-electron chi connectivity index (χ4n) is 1.86. The van der Waals surface area contributed by atoms with E-state index in [0.717, 1.165) is 25.1 Å². The molecular formula is C12H14BrFN2O. The van der Waals surface area contributed by atoms with Gasteiger partial charge in [0.15, 0.2) is 0 Å². The van der Waals surface area contributed by atoms with Gasteiger partial charge in [-0.15, -0.1) is 0 Å². The van der Waals surface area contributed by atoms with Gasteiger partial charge in [-0.1, -0.05) is 6.07 Å². The van der Waals surface area contributed by atoms with Gasteiger partial charge in [-0.2, -0.15) is 0 Å². The molecule has 1 unspecified atom stereocenters. The van der Waals surface area contributed by atoms with E-state index in [-0.39, 0.29) is 17.6 Å². The lowest BCUT2D eigenvalue weighted by Gasteiger charge is -2.10. The van der Waals surface area contributed by atoms with Gasteiger partial charge in [0.25, 0.3) is 0 Å². The molecule has 2 rings (SSSR count). The number of amides is 1. The fraction of sp³-hybridized carbons (Fsp3) is 0.417. The smallest absolute Gasteiger partial charge is 0.224 e. The lowest BCUT2D eigenvalue weighted by Crippen LogP contribution is -2.31. The molecule has 0 spiro atoms. The van der Waals surface area contributed by atoms with E-state index in [1.54, 1.807) is 12.1 Å². The van der Waals surface area contributed by atoms with Crippen molar-refractivity contribution in [2.45, 2.75) is 13.0 Å². The Labute approximate surface area is 108 Å². The van der Waals surface area contributed by atoms with Crippen molar-refractivity contribution in [2.24, 2.45) is 5.92 Å². The zero-order chi connectivity index (χ0) is 12.3. The number of hydrogen-bond donors (Lipinski definition) is 2. The first-order valence-electron chi connectivity index (χ1n) is 5.59.